The Labute approximate surface area is 103 Å². The number of pyridine rings is 1. The molecule has 1 aromatic heterocycles. The SMILES string of the molecule is CC1CSCCN1c1cc([N+](=O)[O-])cc(N)n1. The highest BCUT2D eigenvalue weighted by Crippen LogP contribution is 2.26. The van der Waals surface area contributed by atoms with Crippen LogP contribution in [0.2, 0.25) is 0 Å². The zero-order valence-corrected chi connectivity index (χ0v) is 10.3. The van der Waals surface area contributed by atoms with Crippen molar-refractivity contribution in [2.24, 2.45) is 0 Å². The predicted octanol–water partition coefficient (Wildman–Crippen LogP) is 1.51. The van der Waals surface area contributed by atoms with Gasteiger partial charge in [-0.2, -0.15) is 11.8 Å². The molecule has 0 aliphatic carbocycles. The first-order chi connectivity index (χ1) is 8.08. The van der Waals surface area contributed by atoms with Crippen LogP contribution in [-0.2, 0) is 0 Å². The highest BCUT2D eigenvalue weighted by molar-refractivity contribution is 7.99. The lowest BCUT2D eigenvalue weighted by Gasteiger charge is -2.33. The molecule has 0 bridgehead atoms. The summed E-state index contributed by atoms with van der Waals surface area (Å²) in [6.07, 6.45) is 0. The van der Waals surface area contributed by atoms with Gasteiger partial charge in [0.2, 0.25) is 0 Å². The Bertz CT molecular complexity index is 440. The number of hydrogen-bond donors (Lipinski definition) is 1. The molecule has 0 spiro atoms. The van der Waals surface area contributed by atoms with E-state index in [1.807, 2.05) is 11.8 Å². The van der Waals surface area contributed by atoms with Crippen molar-refractivity contribution in [1.29, 1.82) is 0 Å². The first-order valence-electron chi connectivity index (χ1n) is 5.34. The summed E-state index contributed by atoms with van der Waals surface area (Å²) in [6, 6.07) is 3.10. The van der Waals surface area contributed by atoms with Gasteiger partial charge in [0.05, 0.1) is 17.1 Å². The van der Waals surface area contributed by atoms with Crippen LogP contribution in [0.5, 0.6) is 0 Å². The lowest BCUT2D eigenvalue weighted by Crippen LogP contribution is -2.41. The highest BCUT2D eigenvalue weighted by atomic mass is 32.2. The minimum absolute atomic E-state index is 0.00192. The van der Waals surface area contributed by atoms with E-state index in [-0.39, 0.29) is 11.5 Å². The number of aromatic nitrogens is 1. The molecule has 2 N–H and O–H groups in total. The van der Waals surface area contributed by atoms with Crippen LogP contribution < -0.4 is 10.6 Å². The maximum absolute atomic E-state index is 10.8. The van der Waals surface area contributed by atoms with Crippen molar-refractivity contribution in [2.45, 2.75) is 13.0 Å². The number of nitrogens with zero attached hydrogens (tertiary/aromatic N) is 3. The van der Waals surface area contributed by atoms with Crippen molar-refractivity contribution >= 4 is 29.1 Å². The molecule has 2 heterocycles. The maximum atomic E-state index is 10.8. The van der Waals surface area contributed by atoms with E-state index < -0.39 is 4.92 Å². The van der Waals surface area contributed by atoms with Gasteiger partial charge in [-0.15, -0.1) is 0 Å². The molecule has 1 aliphatic rings. The van der Waals surface area contributed by atoms with Crippen molar-refractivity contribution in [3.63, 3.8) is 0 Å². The molecule has 0 radical (unpaired) electrons. The first-order valence-corrected chi connectivity index (χ1v) is 6.50. The Kier molecular flexibility index (Phi) is 3.37. The van der Waals surface area contributed by atoms with E-state index in [0.29, 0.717) is 11.9 Å². The van der Waals surface area contributed by atoms with E-state index in [9.17, 15) is 10.1 Å². The van der Waals surface area contributed by atoms with Crippen molar-refractivity contribution in [3.05, 3.63) is 22.2 Å². The number of nitrogen functional groups attached to an aromatic ring is 1. The van der Waals surface area contributed by atoms with Gasteiger partial charge in [-0.25, -0.2) is 4.98 Å². The third kappa shape index (κ3) is 2.60. The molecule has 1 unspecified atom stereocenters. The zero-order valence-electron chi connectivity index (χ0n) is 9.50. The van der Waals surface area contributed by atoms with Crippen LogP contribution in [0, 0.1) is 10.1 Å². The van der Waals surface area contributed by atoms with E-state index in [0.717, 1.165) is 18.1 Å². The Morgan fingerprint density at radius 3 is 3.06 bits per heavy atom. The molecule has 1 saturated heterocycles. The Balaban J connectivity index is 2.33. The molecule has 2 rings (SSSR count). The fraction of sp³-hybridized carbons (Fsp3) is 0.500. The summed E-state index contributed by atoms with van der Waals surface area (Å²) < 4.78 is 0. The van der Waals surface area contributed by atoms with Gasteiger partial charge in [0.15, 0.2) is 0 Å². The van der Waals surface area contributed by atoms with Crippen LogP contribution in [0.25, 0.3) is 0 Å². The van der Waals surface area contributed by atoms with Crippen LogP contribution in [0.4, 0.5) is 17.3 Å². The highest BCUT2D eigenvalue weighted by Gasteiger charge is 2.22. The number of rotatable bonds is 2. The van der Waals surface area contributed by atoms with Crippen LogP contribution in [0.15, 0.2) is 12.1 Å². The van der Waals surface area contributed by atoms with Crippen LogP contribution in [0.3, 0.4) is 0 Å². The summed E-state index contributed by atoms with van der Waals surface area (Å²) in [7, 11) is 0. The molecular weight excluding hydrogens is 240 g/mol. The maximum Gasteiger partial charge on any atom is 0.276 e. The largest absolute Gasteiger partial charge is 0.383 e. The summed E-state index contributed by atoms with van der Waals surface area (Å²) in [5.41, 5.74) is 5.60. The lowest BCUT2D eigenvalue weighted by atomic mass is 10.3. The standard InChI is InChI=1S/C10H14N4O2S/c1-7-6-17-3-2-13(7)10-5-8(14(15)16)4-9(11)12-10/h4-5,7H,2-3,6H2,1H3,(H2,11,12). The number of thioether (sulfide) groups is 1. The van der Waals surface area contributed by atoms with Crippen molar-refractivity contribution in [3.8, 4) is 0 Å². The summed E-state index contributed by atoms with van der Waals surface area (Å²) in [5, 5.41) is 10.8. The van der Waals surface area contributed by atoms with Crippen molar-refractivity contribution < 1.29 is 4.92 Å². The van der Waals surface area contributed by atoms with E-state index >= 15 is 0 Å². The monoisotopic (exact) mass is 254 g/mol. The molecule has 1 atom stereocenters. The number of nitro groups is 1. The summed E-state index contributed by atoms with van der Waals surface area (Å²) >= 11 is 1.88. The molecule has 6 nitrogen and oxygen atoms in total. The Morgan fingerprint density at radius 2 is 2.41 bits per heavy atom. The molecule has 0 saturated carbocycles. The van der Waals surface area contributed by atoms with Gasteiger partial charge in [0, 0.05) is 24.1 Å². The van der Waals surface area contributed by atoms with Crippen molar-refractivity contribution in [1.82, 2.24) is 4.98 Å². The lowest BCUT2D eigenvalue weighted by molar-refractivity contribution is -0.384. The smallest absolute Gasteiger partial charge is 0.276 e. The fourth-order valence-corrected chi connectivity index (χ4v) is 2.86. The van der Waals surface area contributed by atoms with Gasteiger partial charge < -0.3 is 10.6 Å². The van der Waals surface area contributed by atoms with E-state index in [1.165, 1.54) is 12.1 Å². The van der Waals surface area contributed by atoms with Gasteiger partial charge in [0.25, 0.3) is 5.69 Å². The second kappa shape index (κ2) is 4.79. The molecule has 0 amide bonds. The topological polar surface area (TPSA) is 85.3 Å². The second-order valence-corrected chi connectivity index (χ2v) is 5.13. The molecule has 1 fully saturated rings. The normalized spacial score (nSPS) is 20.3. The average molecular weight is 254 g/mol. The quantitative estimate of drug-likeness (QED) is 0.636. The molecule has 17 heavy (non-hydrogen) atoms. The second-order valence-electron chi connectivity index (χ2n) is 3.98. The predicted molar refractivity (Wildman–Crippen MR) is 69.4 cm³/mol. The van der Waals surface area contributed by atoms with Crippen molar-refractivity contribution in [2.75, 3.05) is 28.7 Å². The van der Waals surface area contributed by atoms with Gasteiger partial charge in [-0.3, -0.25) is 10.1 Å². The number of hydrogen-bond acceptors (Lipinski definition) is 6. The minimum Gasteiger partial charge on any atom is -0.383 e. The van der Waals surface area contributed by atoms with Gasteiger partial charge in [-0.1, -0.05) is 0 Å². The zero-order chi connectivity index (χ0) is 12.4. The summed E-state index contributed by atoms with van der Waals surface area (Å²) in [4.78, 5) is 16.6. The van der Waals surface area contributed by atoms with E-state index in [2.05, 4.69) is 16.8 Å². The van der Waals surface area contributed by atoms with Crippen LogP contribution in [0.1, 0.15) is 6.92 Å². The molecule has 92 valence electrons. The van der Waals surface area contributed by atoms with E-state index in [1.54, 1.807) is 0 Å². The third-order valence-corrected chi connectivity index (χ3v) is 3.88. The van der Waals surface area contributed by atoms with Gasteiger partial charge in [-0.05, 0) is 6.92 Å². The van der Waals surface area contributed by atoms with Gasteiger partial charge >= 0.3 is 0 Å². The number of anilines is 2. The summed E-state index contributed by atoms with van der Waals surface area (Å²) in [5.74, 6) is 2.81. The third-order valence-electron chi connectivity index (χ3n) is 2.69. The first kappa shape index (κ1) is 12.0. The number of nitrogens with two attached hydrogens (primary N) is 1. The molecule has 7 heteroatoms. The summed E-state index contributed by atoms with van der Waals surface area (Å²) in [6.45, 7) is 2.93. The molecular formula is C10H14N4O2S. The van der Waals surface area contributed by atoms with Crippen LogP contribution >= 0.6 is 11.8 Å². The Hall–Kier alpha value is -1.50. The van der Waals surface area contributed by atoms with Gasteiger partial charge in [0.1, 0.15) is 11.6 Å². The molecule has 1 aliphatic heterocycles. The minimum atomic E-state index is -0.440. The average Bonchev–Trinajstić information content (AvgIpc) is 2.28. The van der Waals surface area contributed by atoms with E-state index in [4.69, 9.17) is 5.73 Å². The van der Waals surface area contributed by atoms with Crippen LogP contribution in [-0.4, -0.2) is 34.0 Å². The fourth-order valence-electron chi connectivity index (χ4n) is 1.84. The Morgan fingerprint density at radius 1 is 1.65 bits per heavy atom. The molecule has 1 aromatic rings. The molecule has 0 aromatic carbocycles.